The molecule has 1 atom stereocenters. The van der Waals surface area contributed by atoms with Crippen molar-refractivity contribution in [1.29, 1.82) is 0 Å². The van der Waals surface area contributed by atoms with Gasteiger partial charge in [-0.25, -0.2) is 0 Å². The lowest BCUT2D eigenvalue weighted by Crippen LogP contribution is -2.53. The Kier molecular flexibility index (Phi) is 4.05. The Morgan fingerprint density at radius 3 is 2.44 bits per heavy atom. The smallest absolute Gasteiger partial charge is 0.0643 e. The van der Waals surface area contributed by atoms with E-state index in [1.807, 2.05) is 0 Å². The standard InChI is InChI=1S/C15H25N3/c1-12-7-6-8-13(11-12)14(17-16)15(18(2)3)9-4-5-10-15/h6-8,11,14,17H,4-5,9-10,16H2,1-3H3. The van der Waals surface area contributed by atoms with Crippen molar-refractivity contribution in [3.8, 4) is 0 Å². The molecule has 1 fully saturated rings. The van der Waals surface area contributed by atoms with E-state index >= 15 is 0 Å². The molecule has 3 heteroatoms. The quantitative estimate of drug-likeness (QED) is 0.634. The van der Waals surface area contributed by atoms with E-state index in [0.29, 0.717) is 0 Å². The zero-order valence-corrected chi connectivity index (χ0v) is 11.7. The highest BCUT2D eigenvalue weighted by atomic mass is 15.3. The summed E-state index contributed by atoms with van der Waals surface area (Å²) in [7, 11) is 4.34. The summed E-state index contributed by atoms with van der Waals surface area (Å²) in [5.41, 5.74) is 5.81. The van der Waals surface area contributed by atoms with Gasteiger partial charge < -0.3 is 4.90 Å². The second-order valence-corrected chi connectivity index (χ2v) is 5.72. The average molecular weight is 247 g/mol. The first-order chi connectivity index (χ1) is 8.60. The van der Waals surface area contributed by atoms with E-state index in [1.54, 1.807) is 0 Å². The van der Waals surface area contributed by atoms with E-state index in [-0.39, 0.29) is 11.6 Å². The summed E-state index contributed by atoms with van der Waals surface area (Å²) in [6.07, 6.45) is 5.01. The number of nitrogens with zero attached hydrogens (tertiary/aromatic N) is 1. The zero-order chi connectivity index (χ0) is 13.2. The van der Waals surface area contributed by atoms with Crippen LogP contribution in [0.15, 0.2) is 24.3 Å². The predicted molar refractivity (Wildman–Crippen MR) is 76.1 cm³/mol. The molecule has 0 amide bonds. The third-order valence-electron chi connectivity index (χ3n) is 4.44. The second-order valence-electron chi connectivity index (χ2n) is 5.72. The third kappa shape index (κ3) is 2.30. The highest BCUT2D eigenvalue weighted by Gasteiger charge is 2.43. The molecule has 1 unspecified atom stereocenters. The summed E-state index contributed by atoms with van der Waals surface area (Å²) in [4.78, 5) is 2.35. The van der Waals surface area contributed by atoms with E-state index in [9.17, 15) is 0 Å². The van der Waals surface area contributed by atoms with Gasteiger partial charge in [0.25, 0.3) is 0 Å². The number of benzene rings is 1. The molecule has 1 saturated carbocycles. The fourth-order valence-electron chi connectivity index (χ4n) is 3.39. The van der Waals surface area contributed by atoms with Crippen LogP contribution in [0.1, 0.15) is 42.9 Å². The number of aryl methyl sites for hydroxylation is 1. The summed E-state index contributed by atoms with van der Waals surface area (Å²) >= 11 is 0. The lowest BCUT2D eigenvalue weighted by Gasteiger charge is -2.43. The molecule has 0 spiro atoms. The van der Waals surface area contributed by atoms with Crippen LogP contribution in [-0.4, -0.2) is 24.5 Å². The number of nitrogens with two attached hydrogens (primary N) is 1. The molecule has 100 valence electrons. The maximum Gasteiger partial charge on any atom is 0.0643 e. The summed E-state index contributed by atoms with van der Waals surface area (Å²) in [5, 5.41) is 0. The maximum atomic E-state index is 5.88. The minimum Gasteiger partial charge on any atom is -0.302 e. The molecular weight excluding hydrogens is 222 g/mol. The Balaban J connectivity index is 2.37. The Bertz CT molecular complexity index is 394. The Labute approximate surface area is 110 Å². The van der Waals surface area contributed by atoms with Gasteiger partial charge in [0.2, 0.25) is 0 Å². The van der Waals surface area contributed by atoms with Gasteiger partial charge in [0, 0.05) is 5.54 Å². The molecule has 0 aromatic heterocycles. The summed E-state index contributed by atoms with van der Waals surface area (Å²) in [6.45, 7) is 2.13. The maximum absolute atomic E-state index is 5.88. The predicted octanol–water partition coefficient (Wildman–Crippen LogP) is 2.37. The van der Waals surface area contributed by atoms with Crippen LogP contribution in [-0.2, 0) is 0 Å². The summed E-state index contributed by atoms with van der Waals surface area (Å²) in [6, 6.07) is 8.88. The molecule has 1 aliphatic rings. The van der Waals surface area contributed by atoms with Gasteiger partial charge in [-0.05, 0) is 39.4 Å². The van der Waals surface area contributed by atoms with Crippen molar-refractivity contribution in [3.63, 3.8) is 0 Å². The molecule has 0 radical (unpaired) electrons. The fraction of sp³-hybridized carbons (Fsp3) is 0.600. The van der Waals surface area contributed by atoms with Crippen LogP contribution in [0, 0.1) is 6.92 Å². The molecule has 18 heavy (non-hydrogen) atoms. The molecule has 0 bridgehead atoms. The highest BCUT2D eigenvalue weighted by Crippen LogP contribution is 2.43. The van der Waals surface area contributed by atoms with Crippen molar-refractivity contribution in [1.82, 2.24) is 10.3 Å². The van der Waals surface area contributed by atoms with Crippen molar-refractivity contribution < 1.29 is 0 Å². The van der Waals surface area contributed by atoms with Gasteiger partial charge in [-0.3, -0.25) is 11.3 Å². The number of rotatable bonds is 4. The number of likely N-dealkylation sites (N-methyl/N-ethyl adjacent to an activating group) is 1. The number of hydrazine groups is 1. The molecule has 3 nitrogen and oxygen atoms in total. The molecule has 3 N–H and O–H groups in total. The Morgan fingerprint density at radius 2 is 1.94 bits per heavy atom. The first-order valence-corrected chi connectivity index (χ1v) is 6.80. The van der Waals surface area contributed by atoms with E-state index in [1.165, 1.54) is 36.8 Å². The number of nitrogens with one attached hydrogen (secondary N) is 1. The van der Waals surface area contributed by atoms with E-state index in [2.05, 4.69) is 55.6 Å². The van der Waals surface area contributed by atoms with Gasteiger partial charge in [0.1, 0.15) is 0 Å². The third-order valence-corrected chi connectivity index (χ3v) is 4.44. The van der Waals surface area contributed by atoms with E-state index in [0.717, 1.165) is 0 Å². The molecule has 0 aliphatic heterocycles. The largest absolute Gasteiger partial charge is 0.302 e. The molecule has 1 aliphatic carbocycles. The van der Waals surface area contributed by atoms with Crippen LogP contribution in [0.5, 0.6) is 0 Å². The van der Waals surface area contributed by atoms with Gasteiger partial charge in [-0.2, -0.15) is 0 Å². The first-order valence-electron chi connectivity index (χ1n) is 6.80. The summed E-state index contributed by atoms with van der Waals surface area (Å²) < 4.78 is 0. The molecule has 2 rings (SSSR count). The number of hydrogen-bond acceptors (Lipinski definition) is 3. The molecule has 1 aromatic rings. The van der Waals surface area contributed by atoms with Crippen LogP contribution in [0.2, 0.25) is 0 Å². The highest BCUT2D eigenvalue weighted by molar-refractivity contribution is 5.28. The van der Waals surface area contributed by atoms with Crippen molar-refractivity contribution >= 4 is 0 Å². The van der Waals surface area contributed by atoms with Crippen LogP contribution < -0.4 is 11.3 Å². The van der Waals surface area contributed by atoms with Gasteiger partial charge in [-0.15, -0.1) is 0 Å². The van der Waals surface area contributed by atoms with Gasteiger partial charge in [0.15, 0.2) is 0 Å². The molecule has 0 saturated heterocycles. The topological polar surface area (TPSA) is 41.3 Å². The first kappa shape index (κ1) is 13.5. The second kappa shape index (κ2) is 5.39. The van der Waals surface area contributed by atoms with Crippen LogP contribution in [0.25, 0.3) is 0 Å². The lowest BCUT2D eigenvalue weighted by atomic mass is 9.82. The number of hydrogen-bond donors (Lipinski definition) is 2. The minimum atomic E-state index is 0.155. The zero-order valence-electron chi connectivity index (χ0n) is 11.7. The SMILES string of the molecule is Cc1cccc(C(NN)C2(N(C)C)CCCC2)c1. The van der Waals surface area contributed by atoms with Gasteiger partial charge >= 0.3 is 0 Å². The van der Waals surface area contributed by atoms with Gasteiger partial charge in [0.05, 0.1) is 6.04 Å². The summed E-state index contributed by atoms with van der Waals surface area (Å²) in [5.74, 6) is 5.88. The Hall–Kier alpha value is -0.900. The van der Waals surface area contributed by atoms with Crippen LogP contribution in [0.3, 0.4) is 0 Å². The molecule has 1 aromatic carbocycles. The molecule has 0 heterocycles. The normalized spacial score (nSPS) is 20.3. The average Bonchev–Trinajstić information content (AvgIpc) is 2.81. The minimum absolute atomic E-state index is 0.155. The van der Waals surface area contributed by atoms with E-state index in [4.69, 9.17) is 5.84 Å². The lowest BCUT2D eigenvalue weighted by molar-refractivity contribution is 0.105. The monoisotopic (exact) mass is 247 g/mol. The fourth-order valence-corrected chi connectivity index (χ4v) is 3.39. The van der Waals surface area contributed by atoms with Crippen molar-refractivity contribution in [2.75, 3.05) is 14.1 Å². The van der Waals surface area contributed by atoms with Crippen LogP contribution in [0.4, 0.5) is 0 Å². The van der Waals surface area contributed by atoms with Crippen molar-refractivity contribution in [2.24, 2.45) is 5.84 Å². The van der Waals surface area contributed by atoms with Crippen LogP contribution >= 0.6 is 0 Å². The van der Waals surface area contributed by atoms with E-state index < -0.39 is 0 Å². The Morgan fingerprint density at radius 1 is 1.28 bits per heavy atom. The van der Waals surface area contributed by atoms with Crippen molar-refractivity contribution in [3.05, 3.63) is 35.4 Å². The van der Waals surface area contributed by atoms with Gasteiger partial charge in [-0.1, -0.05) is 42.7 Å². The molecular formula is C15H25N3. The van der Waals surface area contributed by atoms with Crippen molar-refractivity contribution in [2.45, 2.75) is 44.2 Å².